The van der Waals surface area contributed by atoms with Crippen molar-refractivity contribution in [3.05, 3.63) is 29.8 Å². The maximum atomic E-state index is 13.3. The minimum Gasteiger partial charge on any atom is -0.388 e. The smallest absolute Gasteiger partial charge is 0.243 e. The van der Waals surface area contributed by atoms with Crippen molar-refractivity contribution in [2.75, 3.05) is 6.54 Å². The average Bonchev–Trinajstić information content (AvgIpc) is 2.31. The molecule has 0 aliphatic rings. The molecule has 0 saturated carbocycles. The van der Waals surface area contributed by atoms with Gasteiger partial charge in [0.1, 0.15) is 16.5 Å². The number of benzene rings is 1. The van der Waals surface area contributed by atoms with Crippen LogP contribution in [-0.2, 0) is 10.0 Å². The van der Waals surface area contributed by atoms with E-state index in [4.69, 9.17) is 11.1 Å². The third kappa shape index (κ3) is 4.92. The van der Waals surface area contributed by atoms with Gasteiger partial charge >= 0.3 is 0 Å². The Balaban J connectivity index is 2.61. The minimum absolute atomic E-state index is 0.0269. The highest BCUT2D eigenvalue weighted by atomic mass is 32.2. The fraction of sp³-hybridized carbons (Fsp3) is 0.364. The van der Waals surface area contributed by atoms with Gasteiger partial charge in [-0.1, -0.05) is 0 Å². The van der Waals surface area contributed by atoms with Gasteiger partial charge in [-0.2, -0.15) is 0 Å². The minimum atomic E-state index is -4.06. The number of halogens is 2. The lowest BCUT2D eigenvalue weighted by molar-refractivity contribution is 0.544. The Hall–Kier alpha value is -1.54. The summed E-state index contributed by atoms with van der Waals surface area (Å²) in [7, 11) is -4.06. The van der Waals surface area contributed by atoms with Gasteiger partial charge in [0.15, 0.2) is 0 Å². The van der Waals surface area contributed by atoms with Gasteiger partial charge in [-0.3, -0.25) is 5.41 Å². The lowest BCUT2D eigenvalue weighted by Crippen LogP contribution is -2.26. The molecule has 0 heterocycles. The molecule has 1 rings (SSSR count). The first-order chi connectivity index (χ1) is 8.83. The molecule has 0 aromatic heterocycles. The summed E-state index contributed by atoms with van der Waals surface area (Å²) < 4.78 is 51.8. The molecular formula is C11H15F2N3O2S. The van der Waals surface area contributed by atoms with Gasteiger partial charge in [-0.25, -0.2) is 21.9 Å². The molecule has 0 aliphatic carbocycles. The summed E-state index contributed by atoms with van der Waals surface area (Å²) >= 11 is 0. The van der Waals surface area contributed by atoms with Crippen molar-refractivity contribution >= 4 is 15.9 Å². The lowest BCUT2D eigenvalue weighted by Gasteiger charge is -2.07. The highest BCUT2D eigenvalue weighted by Crippen LogP contribution is 2.15. The molecular weight excluding hydrogens is 276 g/mol. The molecule has 106 valence electrons. The molecule has 0 radical (unpaired) electrons. The standard InChI is InChI=1S/C11H15F2N3O2S/c12-8-4-5-9(13)10(7-8)19(17,18)16-6-2-1-3-11(14)15/h4-5,7,16H,1-3,6H2,(H3,14,15). The molecule has 0 amide bonds. The zero-order chi connectivity index (χ0) is 14.5. The van der Waals surface area contributed by atoms with E-state index in [2.05, 4.69) is 4.72 Å². The van der Waals surface area contributed by atoms with Crippen LogP contribution in [0.2, 0.25) is 0 Å². The van der Waals surface area contributed by atoms with Gasteiger partial charge in [0, 0.05) is 13.0 Å². The second kappa shape index (κ2) is 6.58. The molecule has 0 spiro atoms. The quantitative estimate of drug-likeness (QED) is 0.402. The van der Waals surface area contributed by atoms with Crippen LogP contribution in [0.5, 0.6) is 0 Å². The van der Waals surface area contributed by atoms with E-state index in [0.29, 0.717) is 25.3 Å². The van der Waals surface area contributed by atoms with Crippen molar-refractivity contribution < 1.29 is 17.2 Å². The van der Waals surface area contributed by atoms with E-state index in [1.54, 1.807) is 0 Å². The van der Waals surface area contributed by atoms with Crippen LogP contribution in [-0.4, -0.2) is 20.8 Å². The van der Waals surface area contributed by atoms with E-state index in [1.807, 2.05) is 0 Å². The summed E-state index contributed by atoms with van der Waals surface area (Å²) in [5, 5.41) is 6.99. The van der Waals surface area contributed by atoms with Crippen molar-refractivity contribution in [2.45, 2.75) is 24.2 Å². The van der Waals surface area contributed by atoms with E-state index in [0.717, 1.165) is 12.1 Å². The summed E-state index contributed by atoms with van der Waals surface area (Å²) in [6, 6.07) is 2.24. The molecule has 0 saturated heterocycles. The number of amidine groups is 1. The third-order valence-electron chi connectivity index (χ3n) is 2.35. The van der Waals surface area contributed by atoms with Gasteiger partial charge in [0.25, 0.3) is 0 Å². The number of nitrogens with one attached hydrogen (secondary N) is 2. The van der Waals surface area contributed by atoms with Crippen LogP contribution in [0.1, 0.15) is 19.3 Å². The first kappa shape index (κ1) is 15.5. The van der Waals surface area contributed by atoms with Crippen molar-refractivity contribution in [1.82, 2.24) is 4.72 Å². The number of sulfonamides is 1. The molecule has 0 atom stereocenters. The zero-order valence-electron chi connectivity index (χ0n) is 10.1. The van der Waals surface area contributed by atoms with Crippen LogP contribution in [0.25, 0.3) is 0 Å². The van der Waals surface area contributed by atoms with Gasteiger partial charge < -0.3 is 5.73 Å². The molecule has 0 unspecified atom stereocenters. The number of rotatable bonds is 7. The summed E-state index contributed by atoms with van der Waals surface area (Å²) in [4.78, 5) is -0.709. The van der Waals surface area contributed by atoms with Crippen molar-refractivity contribution in [3.63, 3.8) is 0 Å². The Morgan fingerprint density at radius 1 is 1.32 bits per heavy atom. The number of hydrogen-bond acceptors (Lipinski definition) is 3. The van der Waals surface area contributed by atoms with Crippen LogP contribution >= 0.6 is 0 Å². The second-order valence-electron chi connectivity index (χ2n) is 3.95. The van der Waals surface area contributed by atoms with Crippen LogP contribution in [0.15, 0.2) is 23.1 Å². The predicted molar refractivity (Wildman–Crippen MR) is 67.3 cm³/mol. The van der Waals surface area contributed by atoms with E-state index >= 15 is 0 Å². The molecule has 5 nitrogen and oxygen atoms in total. The SMILES string of the molecule is N=C(N)CCCCNS(=O)(=O)c1cc(F)ccc1F. The van der Waals surface area contributed by atoms with E-state index in [9.17, 15) is 17.2 Å². The van der Waals surface area contributed by atoms with E-state index in [1.165, 1.54) is 0 Å². The Morgan fingerprint density at radius 2 is 2.00 bits per heavy atom. The topological polar surface area (TPSA) is 96.0 Å². The molecule has 1 aromatic carbocycles. The van der Waals surface area contributed by atoms with Crippen LogP contribution in [0.3, 0.4) is 0 Å². The van der Waals surface area contributed by atoms with E-state index in [-0.39, 0.29) is 12.4 Å². The van der Waals surface area contributed by atoms with Crippen LogP contribution < -0.4 is 10.5 Å². The Kier molecular flexibility index (Phi) is 5.37. The zero-order valence-corrected chi connectivity index (χ0v) is 10.9. The van der Waals surface area contributed by atoms with Crippen molar-refractivity contribution in [3.8, 4) is 0 Å². The molecule has 4 N–H and O–H groups in total. The molecule has 0 fully saturated rings. The number of unbranched alkanes of at least 4 members (excludes halogenated alkanes) is 1. The van der Waals surface area contributed by atoms with Crippen molar-refractivity contribution in [1.29, 1.82) is 5.41 Å². The van der Waals surface area contributed by atoms with Crippen LogP contribution in [0, 0.1) is 17.0 Å². The Labute approximate surface area is 110 Å². The summed E-state index contributed by atoms with van der Waals surface area (Å²) in [6.45, 7) is 0.0750. The summed E-state index contributed by atoms with van der Waals surface area (Å²) in [5.74, 6) is -1.80. The van der Waals surface area contributed by atoms with E-state index < -0.39 is 26.6 Å². The second-order valence-corrected chi connectivity index (χ2v) is 5.69. The molecule has 19 heavy (non-hydrogen) atoms. The highest BCUT2D eigenvalue weighted by molar-refractivity contribution is 7.89. The molecule has 0 bridgehead atoms. The Morgan fingerprint density at radius 3 is 2.63 bits per heavy atom. The lowest BCUT2D eigenvalue weighted by atomic mass is 10.2. The number of nitrogens with two attached hydrogens (primary N) is 1. The maximum Gasteiger partial charge on any atom is 0.243 e. The van der Waals surface area contributed by atoms with Crippen LogP contribution in [0.4, 0.5) is 8.78 Å². The first-order valence-corrected chi connectivity index (χ1v) is 7.09. The van der Waals surface area contributed by atoms with Gasteiger partial charge in [-0.05, 0) is 31.0 Å². The number of hydrogen-bond donors (Lipinski definition) is 3. The summed E-state index contributed by atoms with van der Waals surface area (Å²) in [6.07, 6.45) is 1.37. The Bertz CT molecular complexity index is 561. The van der Waals surface area contributed by atoms with Gasteiger partial charge in [0.2, 0.25) is 10.0 Å². The largest absolute Gasteiger partial charge is 0.388 e. The predicted octanol–water partition coefficient (Wildman–Crippen LogP) is 1.35. The molecule has 0 aliphatic heterocycles. The normalized spacial score (nSPS) is 11.5. The summed E-state index contributed by atoms with van der Waals surface area (Å²) in [5.41, 5.74) is 5.14. The highest BCUT2D eigenvalue weighted by Gasteiger charge is 2.19. The van der Waals surface area contributed by atoms with Gasteiger partial charge in [-0.15, -0.1) is 0 Å². The monoisotopic (exact) mass is 291 g/mol. The molecule has 1 aromatic rings. The van der Waals surface area contributed by atoms with Crippen molar-refractivity contribution in [2.24, 2.45) is 5.73 Å². The first-order valence-electron chi connectivity index (χ1n) is 5.60. The fourth-order valence-corrected chi connectivity index (χ4v) is 2.57. The molecule has 8 heteroatoms. The van der Waals surface area contributed by atoms with Gasteiger partial charge in [0.05, 0.1) is 5.84 Å². The third-order valence-corrected chi connectivity index (χ3v) is 3.82. The maximum absolute atomic E-state index is 13.3. The average molecular weight is 291 g/mol. The fourth-order valence-electron chi connectivity index (χ4n) is 1.41.